The van der Waals surface area contributed by atoms with Crippen LogP contribution in [0.25, 0.3) is 10.9 Å². The molecule has 0 amide bonds. The number of benzene rings is 2. The van der Waals surface area contributed by atoms with Crippen LogP contribution in [0, 0.1) is 12.1 Å². The Balaban J connectivity index is 1.82. The van der Waals surface area contributed by atoms with Gasteiger partial charge >= 0.3 is 0 Å². The van der Waals surface area contributed by atoms with Crippen molar-refractivity contribution in [2.75, 3.05) is 0 Å². The van der Waals surface area contributed by atoms with Crippen LogP contribution in [0.3, 0.4) is 0 Å². The Morgan fingerprint density at radius 1 is 0.931 bits per heavy atom. The van der Waals surface area contributed by atoms with Gasteiger partial charge < -0.3 is 9.94 Å². The summed E-state index contributed by atoms with van der Waals surface area (Å²) < 4.78 is 7.30. The number of rotatable bonds is 10. The van der Waals surface area contributed by atoms with Gasteiger partial charge in [0, 0.05) is 6.07 Å². The largest absolute Gasteiger partial charge is 0.618 e. The Morgan fingerprint density at radius 2 is 1.69 bits per heavy atom. The zero-order valence-electron chi connectivity index (χ0n) is 17.6. The van der Waals surface area contributed by atoms with Crippen LogP contribution in [0.1, 0.15) is 55.8 Å². The first-order valence-corrected chi connectivity index (χ1v) is 10.7. The molecule has 1 aromatic heterocycles. The van der Waals surface area contributed by atoms with Crippen molar-refractivity contribution in [1.82, 2.24) is 0 Å². The number of hydrogen-bond acceptors (Lipinski definition) is 2. The van der Waals surface area contributed by atoms with Crippen molar-refractivity contribution >= 4 is 10.9 Å². The number of pyridine rings is 1. The van der Waals surface area contributed by atoms with Crippen molar-refractivity contribution in [2.24, 2.45) is 0 Å². The first kappa shape index (κ1) is 20.9. The van der Waals surface area contributed by atoms with Gasteiger partial charge in [0.15, 0.2) is 0 Å². The van der Waals surface area contributed by atoms with E-state index in [0.717, 1.165) is 39.1 Å². The lowest BCUT2D eigenvalue weighted by Crippen LogP contribution is -2.34. The summed E-state index contributed by atoms with van der Waals surface area (Å²) in [7, 11) is 0. The highest BCUT2D eigenvalue weighted by Crippen LogP contribution is 2.30. The molecule has 3 heteroatoms. The normalized spacial score (nSPS) is 11.4. The third-order valence-electron chi connectivity index (χ3n) is 5.31. The second kappa shape index (κ2) is 10.7. The minimum absolute atomic E-state index is 0.487. The first-order chi connectivity index (χ1) is 14.2. The van der Waals surface area contributed by atoms with Crippen LogP contribution in [-0.4, -0.2) is 0 Å². The molecule has 0 N–H and O–H groups in total. The minimum atomic E-state index is 0.487. The second-order valence-corrected chi connectivity index (χ2v) is 7.51. The van der Waals surface area contributed by atoms with Crippen molar-refractivity contribution in [3.63, 3.8) is 0 Å². The van der Waals surface area contributed by atoms with Crippen LogP contribution >= 0.6 is 0 Å². The molecule has 152 valence electrons. The maximum atomic E-state index is 13.0. The van der Waals surface area contributed by atoms with Crippen LogP contribution in [0.4, 0.5) is 0 Å². The molecule has 0 aliphatic rings. The maximum Gasteiger partial charge on any atom is 0.227 e. The maximum absolute atomic E-state index is 13.0. The van der Waals surface area contributed by atoms with Crippen LogP contribution in [0.2, 0.25) is 0 Å². The Labute approximate surface area is 174 Å². The zero-order valence-corrected chi connectivity index (χ0v) is 17.6. The molecule has 3 rings (SSSR count). The third kappa shape index (κ3) is 5.38. The van der Waals surface area contributed by atoms with Gasteiger partial charge in [-0.3, -0.25) is 0 Å². The smallest absolute Gasteiger partial charge is 0.227 e. The van der Waals surface area contributed by atoms with Crippen molar-refractivity contribution in [1.29, 1.82) is 0 Å². The molecule has 2 aromatic carbocycles. The van der Waals surface area contributed by atoms with Crippen molar-refractivity contribution in [3.8, 4) is 5.75 Å². The molecule has 3 aromatic rings. The minimum Gasteiger partial charge on any atom is -0.618 e. The first-order valence-electron chi connectivity index (χ1n) is 10.7. The highest BCUT2D eigenvalue weighted by molar-refractivity contribution is 5.84. The van der Waals surface area contributed by atoms with Gasteiger partial charge in [-0.15, -0.1) is 0 Å². The number of fused-ring (bicyclic) bond motifs is 1. The summed E-state index contributed by atoms with van der Waals surface area (Å²) in [6.07, 6.45) is 11.0. The predicted molar refractivity (Wildman–Crippen MR) is 120 cm³/mol. The van der Waals surface area contributed by atoms with E-state index < -0.39 is 0 Å². The summed E-state index contributed by atoms with van der Waals surface area (Å²) in [5, 5.41) is 13.9. The molecule has 3 nitrogen and oxygen atoms in total. The van der Waals surface area contributed by atoms with E-state index in [9.17, 15) is 5.21 Å². The lowest BCUT2D eigenvalue weighted by Gasteiger charge is -2.16. The highest BCUT2D eigenvalue weighted by atomic mass is 16.5. The number of aromatic nitrogens is 1. The Bertz CT molecular complexity index is 948. The molecular weight excluding hydrogens is 358 g/mol. The summed E-state index contributed by atoms with van der Waals surface area (Å²) in [6.45, 7) is 4.70. The van der Waals surface area contributed by atoms with Crippen molar-refractivity contribution in [3.05, 3.63) is 88.8 Å². The molecule has 0 atom stereocenters. The summed E-state index contributed by atoms with van der Waals surface area (Å²) in [6, 6.07) is 17.8. The van der Waals surface area contributed by atoms with Crippen molar-refractivity contribution in [2.45, 2.75) is 59.0 Å². The molecule has 0 saturated heterocycles. The topological polar surface area (TPSA) is 36.2 Å². The standard InChI is InChI=1S/C26H31NO2/c1-3-4-5-6-7-8-12-18-24-21(2)26(29-20-22-15-10-9-11-16-22)23-17-13-14-19-25(23)27(24)28/h8-17,19H,3-7,18,20H2,1-2H3/b12-8+. The number of unbranched alkanes of at least 4 members (excludes halogenated alkanes) is 4. The average molecular weight is 390 g/mol. The molecule has 0 fully saturated rings. The Morgan fingerprint density at radius 3 is 2.48 bits per heavy atom. The quantitative estimate of drug-likeness (QED) is 0.173. The molecule has 1 heterocycles. The lowest BCUT2D eigenvalue weighted by molar-refractivity contribution is -0.585. The van der Waals surface area contributed by atoms with Gasteiger partial charge in [-0.25, -0.2) is 0 Å². The number of para-hydroxylation sites is 1. The van der Waals surface area contributed by atoms with E-state index in [0.29, 0.717) is 18.5 Å². The van der Waals surface area contributed by atoms with Gasteiger partial charge in [-0.1, -0.05) is 80.8 Å². The SMILES string of the molecule is CCCCCC/C=C/Cc1c(C)c(OCc2ccccc2)c2ccccc2[n+]1[O-]. The van der Waals surface area contributed by atoms with Crippen LogP contribution in [0.15, 0.2) is 66.7 Å². The summed E-state index contributed by atoms with van der Waals surface area (Å²) in [4.78, 5) is 0. The number of nitrogens with zero attached hydrogens (tertiary/aromatic N) is 1. The second-order valence-electron chi connectivity index (χ2n) is 7.51. The fraction of sp³-hybridized carbons (Fsp3) is 0.346. The van der Waals surface area contributed by atoms with E-state index in [2.05, 4.69) is 31.2 Å². The van der Waals surface area contributed by atoms with Crippen LogP contribution < -0.4 is 9.47 Å². The molecule has 0 aliphatic heterocycles. The summed E-state index contributed by atoms with van der Waals surface area (Å²) in [5.41, 5.74) is 3.46. The molecule has 0 saturated carbocycles. The van der Waals surface area contributed by atoms with E-state index >= 15 is 0 Å². The summed E-state index contributed by atoms with van der Waals surface area (Å²) in [5.74, 6) is 0.808. The van der Waals surface area contributed by atoms with Gasteiger partial charge in [0.1, 0.15) is 12.4 Å². The van der Waals surface area contributed by atoms with Gasteiger partial charge in [0.2, 0.25) is 11.2 Å². The molecule has 0 spiro atoms. The lowest BCUT2D eigenvalue weighted by atomic mass is 10.1. The summed E-state index contributed by atoms with van der Waals surface area (Å²) >= 11 is 0. The third-order valence-corrected chi connectivity index (χ3v) is 5.31. The predicted octanol–water partition coefficient (Wildman–Crippen LogP) is 6.43. The van der Waals surface area contributed by atoms with Gasteiger partial charge in [0.05, 0.1) is 17.4 Å². The Kier molecular flexibility index (Phi) is 7.69. The van der Waals surface area contributed by atoms with E-state index in [1.54, 1.807) is 0 Å². The van der Waals surface area contributed by atoms with E-state index in [1.807, 2.05) is 49.4 Å². The Hall–Kier alpha value is -2.81. The van der Waals surface area contributed by atoms with E-state index in [-0.39, 0.29) is 0 Å². The van der Waals surface area contributed by atoms with Gasteiger partial charge in [0.25, 0.3) is 0 Å². The molecular formula is C26H31NO2. The fourth-order valence-corrected chi connectivity index (χ4v) is 3.63. The molecule has 0 aliphatic carbocycles. The van der Waals surface area contributed by atoms with Gasteiger partial charge in [-0.2, -0.15) is 4.73 Å². The number of ether oxygens (including phenoxy) is 1. The molecule has 29 heavy (non-hydrogen) atoms. The van der Waals surface area contributed by atoms with Crippen molar-refractivity contribution < 1.29 is 9.47 Å². The van der Waals surface area contributed by atoms with Crippen LogP contribution in [-0.2, 0) is 13.0 Å². The van der Waals surface area contributed by atoms with Crippen LogP contribution in [0.5, 0.6) is 5.75 Å². The zero-order chi connectivity index (χ0) is 20.5. The van der Waals surface area contributed by atoms with E-state index in [4.69, 9.17) is 4.74 Å². The van der Waals surface area contributed by atoms with Gasteiger partial charge in [-0.05, 0) is 31.4 Å². The molecule has 0 radical (unpaired) electrons. The number of hydrogen-bond donors (Lipinski definition) is 0. The monoisotopic (exact) mass is 389 g/mol. The number of allylic oxidation sites excluding steroid dienone is 2. The highest BCUT2D eigenvalue weighted by Gasteiger charge is 2.20. The molecule has 0 bridgehead atoms. The average Bonchev–Trinajstić information content (AvgIpc) is 2.76. The fourth-order valence-electron chi connectivity index (χ4n) is 3.63. The molecule has 0 unspecified atom stereocenters. The van der Waals surface area contributed by atoms with E-state index in [1.165, 1.54) is 25.7 Å².